The van der Waals surface area contributed by atoms with E-state index >= 15 is 0 Å². The Morgan fingerprint density at radius 2 is 1.90 bits per heavy atom. The molecule has 1 unspecified atom stereocenters. The van der Waals surface area contributed by atoms with E-state index in [-0.39, 0.29) is 24.8 Å². The Bertz CT molecular complexity index is 1080. The first-order chi connectivity index (χ1) is 14.7. The number of amides is 1. The number of hydrogen-bond acceptors (Lipinski definition) is 5. The first-order valence-corrected chi connectivity index (χ1v) is 9.76. The van der Waals surface area contributed by atoms with Crippen molar-refractivity contribution in [3.05, 3.63) is 65.5 Å². The Hall–Kier alpha value is -3.36. The minimum absolute atomic E-state index is 0.0918. The first kappa shape index (κ1) is 20.9. The van der Waals surface area contributed by atoms with Gasteiger partial charge in [0.2, 0.25) is 5.91 Å². The highest BCUT2D eigenvalue weighted by molar-refractivity contribution is 5.79. The van der Waals surface area contributed by atoms with Gasteiger partial charge in [0, 0.05) is 50.8 Å². The number of hydrogen-bond donors (Lipinski definition) is 0. The van der Waals surface area contributed by atoms with Crippen molar-refractivity contribution in [3.8, 4) is 11.5 Å². The summed E-state index contributed by atoms with van der Waals surface area (Å²) in [5.74, 6) is 0.517. The molecule has 0 radical (unpaired) electrons. The molecular formula is C22H21F3N4O2. The van der Waals surface area contributed by atoms with Crippen LogP contribution in [0.15, 0.2) is 53.1 Å². The largest absolute Gasteiger partial charge is 0.416 e. The number of halogens is 3. The molecule has 1 saturated heterocycles. The molecule has 1 aliphatic heterocycles. The second-order valence-corrected chi connectivity index (χ2v) is 7.77. The molecule has 6 nitrogen and oxygen atoms in total. The second kappa shape index (κ2) is 8.05. The van der Waals surface area contributed by atoms with Gasteiger partial charge in [-0.25, -0.2) is 0 Å². The summed E-state index contributed by atoms with van der Waals surface area (Å²) in [7, 11) is 3.88. The van der Waals surface area contributed by atoms with Crippen molar-refractivity contribution in [2.24, 2.45) is 0 Å². The van der Waals surface area contributed by atoms with E-state index in [4.69, 9.17) is 4.52 Å². The number of alkyl halides is 3. The van der Waals surface area contributed by atoms with Gasteiger partial charge in [0.1, 0.15) is 0 Å². The van der Waals surface area contributed by atoms with Crippen molar-refractivity contribution in [1.29, 1.82) is 0 Å². The quantitative estimate of drug-likeness (QED) is 0.603. The van der Waals surface area contributed by atoms with Gasteiger partial charge in [-0.3, -0.25) is 4.79 Å². The standard InChI is InChI=1S/C22H21F3N4O2/c1-28(2)18-5-3-4-15(10-18)21-26-20(27-31-21)16-11-19(30)29(13-16)12-14-6-8-17(9-7-14)22(23,24)25/h3-10,16H,11-13H2,1-2H3. The van der Waals surface area contributed by atoms with Crippen LogP contribution in [0.5, 0.6) is 0 Å². The summed E-state index contributed by atoms with van der Waals surface area (Å²) in [6.07, 6.45) is -4.15. The molecule has 2 aromatic carbocycles. The molecule has 31 heavy (non-hydrogen) atoms. The maximum Gasteiger partial charge on any atom is 0.416 e. The molecule has 1 atom stereocenters. The van der Waals surface area contributed by atoms with Crippen molar-refractivity contribution in [1.82, 2.24) is 15.0 Å². The van der Waals surface area contributed by atoms with Crippen LogP contribution in [0.1, 0.15) is 29.3 Å². The van der Waals surface area contributed by atoms with E-state index in [0.717, 1.165) is 23.4 Å². The Kier molecular flexibility index (Phi) is 5.43. The zero-order valence-corrected chi connectivity index (χ0v) is 17.1. The van der Waals surface area contributed by atoms with E-state index in [1.54, 1.807) is 4.90 Å². The molecule has 1 aliphatic rings. The van der Waals surface area contributed by atoms with Gasteiger partial charge in [-0.15, -0.1) is 0 Å². The molecule has 1 fully saturated rings. The maximum atomic E-state index is 12.7. The van der Waals surface area contributed by atoms with Gasteiger partial charge in [0.15, 0.2) is 5.82 Å². The van der Waals surface area contributed by atoms with Gasteiger partial charge in [-0.2, -0.15) is 18.2 Å². The van der Waals surface area contributed by atoms with Crippen molar-refractivity contribution in [2.75, 3.05) is 25.5 Å². The van der Waals surface area contributed by atoms with Crippen LogP contribution in [0.3, 0.4) is 0 Å². The molecule has 0 aliphatic carbocycles. The first-order valence-electron chi connectivity index (χ1n) is 9.76. The smallest absolute Gasteiger partial charge is 0.378 e. The molecule has 4 rings (SSSR count). The topological polar surface area (TPSA) is 62.5 Å². The monoisotopic (exact) mass is 430 g/mol. The molecular weight excluding hydrogens is 409 g/mol. The lowest BCUT2D eigenvalue weighted by molar-refractivity contribution is -0.137. The molecule has 9 heteroatoms. The number of aromatic nitrogens is 2. The fourth-order valence-corrected chi connectivity index (χ4v) is 3.55. The van der Waals surface area contributed by atoms with Gasteiger partial charge in [0.05, 0.1) is 5.56 Å². The number of anilines is 1. The lowest BCUT2D eigenvalue weighted by atomic mass is 10.1. The average molecular weight is 430 g/mol. The number of rotatable bonds is 5. The van der Waals surface area contributed by atoms with Crippen molar-refractivity contribution in [3.63, 3.8) is 0 Å². The highest BCUT2D eigenvalue weighted by Crippen LogP contribution is 2.32. The maximum absolute atomic E-state index is 12.7. The van der Waals surface area contributed by atoms with E-state index in [1.807, 2.05) is 43.3 Å². The molecule has 1 aromatic heterocycles. The Morgan fingerprint density at radius 1 is 1.16 bits per heavy atom. The fourth-order valence-electron chi connectivity index (χ4n) is 3.55. The molecule has 0 N–H and O–H groups in total. The molecule has 2 heterocycles. The lowest BCUT2D eigenvalue weighted by Gasteiger charge is -2.16. The number of carbonyl (C=O) groups excluding carboxylic acids is 1. The van der Waals surface area contributed by atoms with Gasteiger partial charge in [0.25, 0.3) is 5.89 Å². The highest BCUT2D eigenvalue weighted by Gasteiger charge is 2.34. The molecule has 162 valence electrons. The Balaban J connectivity index is 1.45. The SMILES string of the molecule is CN(C)c1cccc(-c2nc(C3CC(=O)N(Cc4ccc(C(F)(F)F)cc4)C3)no2)c1. The van der Waals surface area contributed by atoms with Crippen LogP contribution in [0.25, 0.3) is 11.5 Å². The second-order valence-electron chi connectivity index (χ2n) is 7.77. The predicted molar refractivity (Wildman–Crippen MR) is 108 cm³/mol. The van der Waals surface area contributed by atoms with E-state index in [1.165, 1.54) is 12.1 Å². The molecule has 0 spiro atoms. The van der Waals surface area contributed by atoms with Crippen LogP contribution in [0.4, 0.5) is 18.9 Å². The third-order valence-electron chi connectivity index (χ3n) is 5.29. The summed E-state index contributed by atoms with van der Waals surface area (Å²) in [6.45, 7) is 0.625. The number of carbonyl (C=O) groups is 1. The molecule has 1 amide bonds. The van der Waals surface area contributed by atoms with Crippen LogP contribution >= 0.6 is 0 Å². The highest BCUT2D eigenvalue weighted by atomic mass is 19.4. The predicted octanol–water partition coefficient (Wildman–Crippen LogP) is 4.34. The summed E-state index contributed by atoms with van der Waals surface area (Å²) in [5.41, 5.74) is 1.71. The molecule has 0 saturated carbocycles. The van der Waals surface area contributed by atoms with Crippen LogP contribution < -0.4 is 4.90 Å². The Morgan fingerprint density at radius 3 is 2.58 bits per heavy atom. The van der Waals surface area contributed by atoms with E-state index in [0.29, 0.717) is 23.8 Å². The summed E-state index contributed by atoms with van der Waals surface area (Å²) in [6, 6.07) is 12.5. The molecule has 0 bridgehead atoms. The molecule has 3 aromatic rings. The minimum Gasteiger partial charge on any atom is -0.378 e. The number of likely N-dealkylation sites (tertiary alicyclic amines) is 1. The average Bonchev–Trinajstić information content (AvgIpc) is 3.35. The van der Waals surface area contributed by atoms with Crippen LogP contribution in [-0.4, -0.2) is 41.6 Å². The number of nitrogens with zero attached hydrogens (tertiary/aromatic N) is 4. The van der Waals surface area contributed by atoms with Crippen LogP contribution in [0.2, 0.25) is 0 Å². The number of benzene rings is 2. The third-order valence-corrected chi connectivity index (χ3v) is 5.29. The van der Waals surface area contributed by atoms with Gasteiger partial charge in [-0.05, 0) is 35.9 Å². The van der Waals surface area contributed by atoms with Crippen LogP contribution in [0, 0.1) is 0 Å². The summed E-state index contributed by atoms with van der Waals surface area (Å²) < 4.78 is 43.6. The summed E-state index contributed by atoms with van der Waals surface area (Å²) in [4.78, 5) is 20.5. The van der Waals surface area contributed by atoms with E-state index in [2.05, 4.69) is 10.1 Å². The third kappa shape index (κ3) is 4.55. The van der Waals surface area contributed by atoms with Gasteiger partial charge in [-0.1, -0.05) is 23.4 Å². The van der Waals surface area contributed by atoms with Gasteiger partial charge < -0.3 is 14.3 Å². The van der Waals surface area contributed by atoms with Crippen molar-refractivity contribution >= 4 is 11.6 Å². The zero-order chi connectivity index (χ0) is 22.2. The summed E-state index contributed by atoms with van der Waals surface area (Å²) >= 11 is 0. The van der Waals surface area contributed by atoms with Crippen LogP contribution in [-0.2, 0) is 17.5 Å². The van der Waals surface area contributed by atoms with Crippen molar-refractivity contribution in [2.45, 2.75) is 25.1 Å². The lowest BCUT2D eigenvalue weighted by Crippen LogP contribution is -2.24. The fraction of sp³-hybridized carbons (Fsp3) is 0.318. The van der Waals surface area contributed by atoms with E-state index in [9.17, 15) is 18.0 Å². The summed E-state index contributed by atoms with van der Waals surface area (Å²) in [5, 5.41) is 4.06. The Labute approximate surface area is 177 Å². The van der Waals surface area contributed by atoms with E-state index < -0.39 is 11.7 Å². The van der Waals surface area contributed by atoms with Gasteiger partial charge >= 0.3 is 6.18 Å². The van der Waals surface area contributed by atoms with Crippen molar-refractivity contribution < 1.29 is 22.5 Å². The minimum atomic E-state index is -4.38. The zero-order valence-electron chi connectivity index (χ0n) is 17.1. The normalized spacial score (nSPS) is 16.7.